The van der Waals surface area contributed by atoms with Gasteiger partial charge in [0, 0.05) is 18.2 Å². The summed E-state index contributed by atoms with van der Waals surface area (Å²) in [5.74, 6) is 0.984. The van der Waals surface area contributed by atoms with E-state index in [4.69, 9.17) is 4.74 Å². The number of hydrogen-bond donors (Lipinski definition) is 1. The molecule has 0 bridgehead atoms. The smallest absolute Gasteiger partial charge is 0.123 e. The highest BCUT2D eigenvalue weighted by Gasteiger charge is 2.41. The van der Waals surface area contributed by atoms with Crippen LogP contribution < -0.4 is 10.1 Å². The Bertz CT molecular complexity index is 384. The number of benzene rings is 1. The molecule has 0 aromatic heterocycles. The molecule has 0 radical (unpaired) electrons. The molecule has 1 aromatic rings. The van der Waals surface area contributed by atoms with Crippen molar-refractivity contribution in [3.05, 3.63) is 29.8 Å². The summed E-state index contributed by atoms with van der Waals surface area (Å²) in [6.07, 6.45) is 5.45. The zero-order valence-electron chi connectivity index (χ0n) is 11.8. The fourth-order valence-electron chi connectivity index (χ4n) is 2.73. The van der Waals surface area contributed by atoms with Crippen molar-refractivity contribution >= 4 is 0 Å². The van der Waals surface area contributed by atoms with Crippen molar-refractivity contribution in [2.45, 2.75) is 45.6 Å². The summed E-state index contributed by atoms with van der Waals surface area (Å²) in [6, 6.07) is 8.64. The van der Waals surface area contributed by atoms with Crippen molar-refractivity contribution in [3.63, 3.8) is 0 Å². The van der Waals surface area contributed by atoms with Gasteiger partial charge < -0.3 is 10.1 Å². The summed E-state index contributed by atoms with van der Waals surface area (Å²) >= 11 is 0. The summed E-state index contributed by atoms with van der Waals surface area (Å²) < 4.78 is 5.42. The van der Waals surface area contributed by atoms with Crippen LogP contribution in [0.2, 0.25) is 0 Å². The van der Waals surface area contributed by atoms with Gasteiger partial charge in [0.1, 0.15) is 5.75 Å². The molecule has 1 unspecified atom stereocenters. The molecule has 1 atom stereocenters. The zero-order valence-corrected chi connectivity index (χ0v) is 11.8. The molecular weight excluding hydrogens is 222 g/mol. The van der Waals surface area contributed by atoms with Crippen LogP contribution >= 0.6 is 0 Å². The van der Waals surface area contributed by atoms with E-state index in [0.29, 0.717) is 11.5 Å². The Morgan fingerprint density at radius 3 is 2.67 bits per heavy atom. The lowest BCUT2D eigenvalue weighted by atomic mass is 9.99. The van der Waals surface area contributed by atoms with Crippen LogP contribution in [0.4, 0.5) is 0 Å². The second-order valence-corrected chi connectivity index (χ2v) is 5.59. The minimum Gasteiger partial charge on any atom is -0.496 e. The Balaban J connectivity index is 1.93. The van der Waals surface area contributed by atoms with Crippen LogP contribution in [0.25, 0.3) is 0 Å². The van der Waals surface area contributed by atoms with Crippen molar-refractivity contribution in [2.24, 2.45) is 5.41 Å². The number of hydrogen-bond acceptors (Lipinski definition) is 2. The molecule has 0 aliphatic heterocycles. The molecule has 1 saturated carbocycles. The van der Waals surface area contributed by atoms with Crippen LogP contribution in [0, 0.1) is 5.41 Å². The maximum absolute atomic E-state index is 5.42. The average Bonchev–Trinajstić information content (AvgIpc) is 3.16. The second-order valence-electron chi connectivity index (χ2n) is 5.59. The van der Waals surface area contributed by atoms with Gasteiger partial charge in [0.2, 0.25) is 0 Å². The van der Waals surface area contributed by atoms with E-state index in [1.165, 1.54) is 31.2 Å². The number of ether oxygens (including phenoxy) is 1. The van der Waals surface area contributed by atoms with E-state index in [2.05, 4.69) is 31.3 Å². The van der Waals surface area contributed by atoms with E-state index < -0.39 is 0 Å². The maximum atomic E-state index is 5.42. The molecule has 1 fully saturated rings. The molecule has 2 heteroatoms. The van der Waals surface area contributed by atoms with E-state index in [1.54, 1.807) is 7.11 Å². The van der Waals surface area contributed by atoms with Crippen molar-refractivity contribution in [1.29, 1.82) is 0 Å². The van der Waals surface area contributed by atoms with Crippen molar-refractivity contribution in [3.8, 4) is 5.75 Å². The summed E-state index contributed by atoms with van der Waals surface area (Å²) in [6.45, 7) is 5.64. The first kappa shape index (κ1) is 13.4. The third-order valence-corrected chi connectivity index (χ3v) is 4.13. The largest absolute Gasteiger partial charge is 0.496 e. The highest BCUT2D eigenvalue weighted by Crippen LogP contribution is 2.49. The Morgan fingerprint density at radius 1 is 1.33 bits per heavy atom. The zero-order chi connectivity index (χ0) is 13.0. The Kier molecular flexibility index (Phi) is 4.28. The third-order valence-electron chi connectivity index (χ3n) is 4.13. The summed E-state index contributed by atoms with van der Waals surface area (Å²) in [5.41, 5.74) is 1.86. The van der Waals surface area contributed by atoms with Gasteiger partial charge in [-0.25, -0.2) is 0 Å². The second kappa shape index (κ2) is 5.75. The maximum Gasteiger partial charge on any atom is 0.123 e. The van der Waals surface area contributed by atoms with Crippen LogP contribution in [0.5, 0.6) is 5.75 Å². The van der Waals surface area contributed by atoms with E-state index >= 15 is 0 Å². The molecule has 0 saturated heterocycles. The molecular formula is C16H25NO. The summed E-state index contributed by atoms with van der Waals surface area (Å²) in [5, 5.41) is 3.68. The monoisotopic (exact) mass is 247 g/mol. The van der Waals surface area contributed by atoms with Gasteiger partial charge in [-0.15, -0.1) is 0 Å². The first-order chi connectivity index (χ1) is 8.71. The van der Waals surface area contributed by atoms with E-state index in [9.17, 15) is 0 Å². The fourth-order valence-corrected chi connectivity index (χ4v) is 2.73. The van der Waals surface area contributed by atoms with Gasteiger partial charge in [0.15, 0.2) is 0 Å². The molecule has 2 rings (SSSR count). The summed E-state index contributed by atoms with van der Waals surface area (Å²) in [4.78, 5) is 0. The number of nitrogens with one attached hydrogen (secondary N) is 1. The molecule has 2 nitrogen and oxygen atoms in total. The molecule has 1 aliphatic rings. The lowest BCUT2D eigenvalue weighted by Crippen LogP contribution is -2.27. The fraction of sp³-hybridized carbons (Fsp3) is 0.625. The molecule has 1 aliphatic carbocycles. The lowest BCUT2D eigenvalue weighted by molar-refractivity contribution is 0.378. The van der Waals surface area contributed by atoms with Gasteiger partial charge in [-0.3, -0.25) is 0 Å². The predicted molar refractivity (Wildman–Crippen MR) is 76.0 cm³/mol. The standard InChI is InChI=1S/C16H25NO/c1-4-9-16(10-11-16)12-17-13(2)14-7-5-6-8-15(14)18-3/h5-8,13,17H,4,9-12H2,1-3H3. The molecule has 100 valence electrons. The van der Waals surface area contributed by atoms with Crippen LogP contribution in [-0.2, 0) is 0 Å². The predicted octanol–water partition coefficient (Wildman–Crippen LogP) is 3.93. The van der Waals surface area contributed by atoms with Crippen molar-refractivity contribution in [2.75, 3.05) is 13.7 Å². The minimum atomic E-state index is 0.357. The van der Waals surface area contributed by atoms with Gasteiger partial charge in [0.05, 0.1) is 7.11 Å². The van der Waals surface area contributed by atoms with Crippen molar-refractivity contribution in [1.82, 2.24) is 5.32 Å². The topological polar surface area (TPSA) is 21.3 Å². The van der Waals surface area contributed by atoms with Gasteiger partial charge in [-0.2, -0.15) is 0 Å². The van der Waals surface area contributed by atoms with Gasteiger partial charge in [0.25, 0.3) is 0 Å². The van der Waals surface area contributed by atoms with Crippen LogP contribution in [-0.4, -0.2) is 13.7 Å². The van der Waals surface area contributed by atoms with Gasteiger partial charge >= 0.3 is 0 Å². The third kappa shape index (κ3) is 3.05. The number of para-hydroxylation sites is 1. The van der Waals surface area contributed by atoms with Crippen molar-refractivity contribution < 1.29 is 4.74 Å². The molecule has 0 spiro atoms. The molecule has 18 heavy (non-hydrogen) atoms. The number of rotatable bonds is 7. The highest BCUT2D eigenvalue weighted by molar-refractivity contribution is 5.35. The number of methoxy groups -OCH3 is 1. The normalized spacial score (nSPS) is 18.4. The lowest BCUT2D eigenvalue weighted by Gasteiger charge is -2.21. The van der Waals surface area contributed by atoms with Gasteiger partial charge in [-0.1, -0.05) is 31.5 Å². The van der Waals surface area contributed by atoms with Crippen LogP contribution in [0.1, 0.15) is 51.1 Å². The van der Waals surface area contributed by atoms with Crippen LogP contribution in [0.3, 0.4) is 0 Å². The quantitative estimate of drug-likeness (QED) is 0.788. The minimum absolute atomic E-state index is 0.357. The van der Waals surface area contributed by atoms with E-state index in [0.717, 1.165) is 12.3 Å². The Labute approximate surface area is 111 Å². The first-order valence-electron chi connectivity index (χ1n) is 7.07. The van der Waals surface area contributed by atoms with E-state index in [-0.39, 0.29) is 0 Å². The molecule has 1 N–H and O–H groups in total. The average molecular weight is 247 g/mol. The Hall–Kier alpha value is -1.02. The van der Waals surface area contributed by atoms with Gasteiger partial charge in [-0.05, 0) is 37.7 Å². The van der Waals surface area contributed by atoms with Crippen LogP contribution in [0.15, 0.2) is 24.3 Å². The Morgan fingerprint density at radius 2 is 2.06 bits per heavy atom. The molecule has 0 amide bonds. The van der Waals surface area contributed by atoms with E-state index in [1.807, 2.05) is 12.1 Å². The molecule has 0 heterocycles. The summed E-state index contributed by atoms with van der Waals surface area (Å²) in [7, 11) is 1.74. The molecule has 1 aromatic carbocycles. The SMILES string of the molecule is CCCC1(CNC(C)c2ccccc2OC)CC1. The first-order valence-corrected chi connectivity index (χ1v) is 7.07. The highest BCUT2D eigenvalue weighted by atomic mass is 16.5.